The van der Waals surface area contributed by atoms with E-state index in [1.54, 1.807) is 36.4 Å². The van der Waals surface area contributed by atoms with Crippen molar-refractivity contribution >= 4 is 12.2 Å². The number of aromatic hydroxyl groups is 3. The molecule has 4 aromatic rings. The molecule has 158 valence electrons. The molecule has 2 atom stereocenters. The van der Waals surface area contributed by atoms with Gasteiger partial charge in [-0.05, 0) is 70.8 Å². The Morgan fingerprint density at radius 1 is 0.562 bits per heavy atom. The summed E-state index contributed by atoms with van der Waals surface area (Å²) < 4.78 is 6.37. The predicted molar refractivity (Wildman–Crippen MR) is 125 cm³/mol. The first-order valence-electron chi connectivity index (χ1n) is 10.4. The zero-order chi connectivity index (χ0) is 22.1. The van der Waals surface area contributed by atoms with E-state index in [1.165, 1.54) is 0 Å². The molecule has 0 fully saturated rings. The van der Waals surface area contributed by atoms with Gasteiger partial charge in [-0.1, -0.05) is 54.6 Å². The lowest BCUT2D eigenvalue weighted by atomic mass is 9.84. The second kappa shape index (κ2) is 8.16. The fraction of sp³-hybridized carbons (Fsp3) is 0.0714. The van der Waals surface area contributed by atoms with Crippen molar-refractivity contribution in [3.05, 3.63) is 119 Å². The monoisotopic (exact) mass is 422 g/mol. The molecule has 0 saturated carbocycles. The fourth-order valence-corrected chi connectivity index (χ4v) is 4.13. The quantitative estimate of drug-likeness (QED) is 0.341. The Labute approximate surface area is 186 Å². The van der Waals surface area contributed by atoms with Crippen molar-refractivity contribution in [2.24, 2.45) is 0 Å². The number of fused-ring (bicyclic) bond motifs is 1. The lowest BCUT2D eigenvalue weighted by molar-refractivity contribution is 0.222. The summed E-state index contributed by atoms with van der Waals surface area (Å²) in [5.74, 6) is 1.45. The summed E-state index contributed by atoms with van der Waals surface area (Å²) in [6.07, 6.45) is 3.80. The topological polar surface area (TPSA) is 69.9 Å². The van der Waals surface area contributed by atoms with Crippen LogP contribution in [-0.4, -0.2) is 15.3 Å². The van der Waals surface area contributed by atoms with Crippen molar-refractivity contribution in [2.75, 3.05) is 0 Å². The summed E-state index contributed by atoms with van der Waals surface area (Å²) >= 11 is 0. The van der Waals surface area contributed by atoms with Gasteiger partial charge in [-0.15, -0.1) is 0 Å². The zero-order valence-electron chi connectivity index (χ0n) is 17.2. The molecule has 4 nitrogen and oxygen atoms in total. The zero-order valence-corrected chi connectivity index (χ0v) is 17.2. The van der Waals surface area contributed by atoms with Crippen molar-refractivity contribution in [1.82, 2.24) is 0 Å². The molecule has 0 spiro atoms. The van der Waals surface area contributed by atoms with Crippen LogP contribution in [0.5, 0.6) is 23.0 Å². The van der Waals surface area contributed by atoms with Crippen LogP contribution in [0, 0.1) is 0 Å². The Hall–Kier alpha value is -4.18. The molecule has 1 heterocycles. The van der Waals surface area contributed by atoms with Crippen molar-refractivity contribution in [3.63, 3.8) is 0 Å². The highest BCUT2D eigenvalue weighted by atomic mass is 16.5. The number of rotatable bonds is 4. The van der Waals surface area contributed by atoms with Crippen LogP contribution in [0.2, 0.25) is 0 Å². The minimum atomic E-state index is -0.244. The lowest BCUT2D eigenvalue weighted by Gasteiger charge is -2.20. The van der Waals surface area contributed by atoms with Gasteiger partial charge in [0.15, 0.2) is 0 Å². The van der Waals surface area contributed by atoms with Gasteiger partial charge in [0.05, 0.1) is 5.92 Å². The van der Waals surface area contributed by atoms with Crippen molar-refractivity contribution in [1.29, 1.82) is 0 Å². The first-order chi connectivity index (χ1) is 15.6. The maximum atomic E-state index is 9.76. The van der Waals surface area contributed by atoms with E-state index in [0.717, 1.165) is 33.6 Å². The molecule has 1 aliphatic rings. The molecular formula is C28H22O4. The fourth-order valence-electron chi connectivity index (χ4n) is 4.13. The first-order valence-corrected chi connectivity index (χ1v) is 10.4. The van der Waals surface area contributed by atoms with Crippen molar-refractivity contribution in [2.45, 2.75) is 12.0 Å². The molecule has 0 amide bonds. The van der Waals surface area contributed by atoms with Crippen LogP contribution >= 0.6 is 0 Å². The van der Waals surface area contributed by atoms with Gasteiger partial charge in [0.2, 0.25) is 0 Å². The normalized spacial score (nSPS) is 17.2. The van der Waals surface area contributed by atoms with Crippen molar-refractivity contribution < 1.29 is 20.1 Å². The molecule has 4 heteroatoms. The molecule has 1 aliphatic heterocycles. The summed E-state index contributed by atoms with van der Waals surface area (Å²) in [5.41, 5.74) is 5.12. The third-order valence-corrected chi connectivity index (χ3v) is 5.76. The minimum Gasteiger partial charge on any atom is -0.508 e. The van der Waals surface area contributed by atoms with Crippen molar-refractivity contribution in [3.8, 4) is 23.0 Å². The number of phenolic OH excluding ortho intramolecular Hbond substituents is 3. The summed E-state index contributed by atoms with van der Waals surface area (Å²) in [6, 6.07) is 27.5. The molecule has 0 saturated heterocycles. The van der Waals surface area contributed by atoms with E-state index in [1.807, 2.05) is 60.7 Å². The highest BCUT2D eigenvalue weighted by Crippen LogP contribution is 2.50. The third kappa shape index (κ3) is 3.91. The lowest BCUT2D eigenvalue weighted by Crippen LogP contribution is -2.11. The van der Waals surface area contributed by atoms with Crippen LogP contribution in [-0.2, 0) is 0 Å². The SMILES string of the molecule is Oc1ccc(/C=C/c2ccc3c(c2)C(c2ccc(O)cc2)C(c2ccc(O)cc2)O3)cc1. The van der Waals surface area contributed by atoms with Crippen LogP contribution < -0.4 is 4.74 Å². The number of hydrogen-bond acceptors (Lipinski definition) is 4. The molecule has 2 unspecified atom stereocenters. The predicted octanol–water partition coefficient (Wildman–Crippen LogP) is 6.24. The maximum absolute atomic E-state index is 9.76. The molecule has 0 aliphatic carbocycles. The molecular weight excluding hydrogens is 400 g/mol. The van der Waals surface area contributed by atoms with E-state index in [4.69, 9.17) is 4.74 Å². The summed E-state index contributed by atoms with van der Waals surface area (Å²) in [4.78, 5) is 0. The maximum Gasteiger partial charge on any atom is 0.135 e. The van der Waals surface area contributed by atoms with Crippen LogP contribution in [0.15, 0.2) is 91.0 Å². The van der Waals surface area contributed by atoms with E-state index in [-0.39, 0.29) is 29.3 Å². The Kier molecular flexibility index (Phi) is 5.04. The van der Waals surface area contributed by atoms with E-state index < -0.39 is 0 Å². The Morgan fingerprint density at radius 3 is 1.69 bits per heavy atom. The van der Waals surface area contributed by atoms with E-state index in [9.17, 15) is 15.3 Å². The number of hydrogen-bond donors (Lipinski definition) is 3. The van der Waals surface area contributed by atoms with E-state index in [2.05, 4.69) is 6.07 Å². The summed E-state index contributed by atoms with van der Waals surface area (Å²) in [7, 11) is 0. The van der Waals surface area contributed by atoms with Gasteiger partial charge in [0.25, 0.3) is 0 Å². The van der Waals surface area contributed by atoms with E-state index in [0.29, 0.717) is 0 Å². The largest absolute Gasteiger partial charge is 0.508 e. The summed E-state index contributed by atoms with van der Waals surface area (Å²) in [6.45, 7) is 0. The van der Waals surface area contributed by atoms with Gasteiger partial charge in [0, 0.05) is 5.56 Å². The Bertz CT molecular complexity index is 1260. The Balaban J connectivity index is 1.53. The minimum absolute atomic E-state index is 0.0582. The number of ether oxygens (including phenoxy) is 1. The average Bonchev–Trinajstić information content (AvgIpc) is 3.18. The molecule has 5 rings (SSSR count). The highest BCUT2D eigenvalue weighted by molar-refractivity contribution is 5.71. The molecule has 0 aromatic heterocycles. The van der Waals surface area contributed by atoms with E-state index >= 15 is 0 Å². The van der Waals surface area contributed by atoms with Crippen LogP contribution in [0.3, 0.4) is 0 Å². The summed E-state index contributed by atoms with van der Waals surface area (Å²) in [5, 5.41) is 28.9. The van der Waals surface area contributed by atoms with Gasteiger partial charge >= 0.3 is 0 Å². The molecule has 32 heavy (non-hydrogen) atoms. The van der Waals surface area contributed by atoms with Gasteiger partial charge < -0.3 is 20.1 Å². The average molecular weight is 422 g/mol. The second-order valence-corrected chi connectivity index (χ2v) is 7.92. The van der Waals surface area contributed by atoms with Gasteiger partial charge in [0.1, 0.15) is 29.1 Å². The molecule has 0 radical (unpaired) electrons. The molecule has 3 N–H and O–H groups in total. The Morgan fingerprint density at radius 2 is 1.06 bits per heavy atom. The van der Waals surface area contributed by atoms with Crippen LogP contribution in [0.25, 0.3) is 12.2 Å². The molecule has 4 aromatic carbocycles. The second-order valence-electron chi connectivity index (χ2n) is 7.92. The molecule has 0 bridgehead atoms. The smallest absolute Gasteiger partial charge is 0.135 e. The number of phenols is 3. The first kappa shape index (κ1) is 19.8. The standard InChI is InChI=1S/C28H22O4/c29-22-10-3-18(4-11-22)1-2-19-5-16-26-25(17-19)27(20-6-12-23(30)13-7-20)28(32-26)21-8-14-24(31)15-9-21/h1-17,27-31H/b2-1+. The van der Waals surface area contributed by atoms with Crippen LogP contribution in [0.1, 0.15) is 39.8 Å². The van der Waals surface area contributed by atoms with Gasteiger partial charge in [-0.3, -0.25) is 0 Å². The number of benzene rings is 4. The van der Waals surface area contributed by atoms with Gasteiger partial charge in [-0.2, -0.15) is 0 Å². The van der Waals surface area contributed by atoms with Gasteiger partial charge in [-0.25, -0.2) is 0 Å². The van der Waals surface area contributed by atoms with Crippen LogP contribution in [0.4, 0.5) is 0 Å². The third-order valence-electron chi connectivity index (χ3n) is 5.76. The highest BCUT2D eigenvalue weighted by Gasteiger charge is 2.36.